The summed E-state index contributed by atoms with van der Waals surface area (Å²) in [7, 11) is 1.45. The lowest BCUT2D eigenvalue weighted by molar-refractivity contribution is -0.148. The first kappa shape index (κ1) is 18.3. The van der Waals surface area contributed by atoms with Gasteiger partial charge in [-0.25, -0.2) is 0 Å². The molecule has 1 aromatic rings. The van der Waals surface area contributed by atoms with Gasteiger partial charge in [0.25, 0.3) is 0 Å². The molecule has 1 aromatic carbocycles. The number of methoxy groups -OCH3 is 1. The SMILES string of the molecule is CCCCOc1ccc2c(c1)CCN1C(=O)C[C@H]3[C@H](C(=O)OC)[C@@H](C)C[C@]231. The summed E-state index contributed by atoms with van der Waals surface area (Å²) in [6.07, 6.45) is 4.27. The summed E-state index contributed by atoms with van der Waals surface area (Å²) >= 11 is 0. The summed E-state index contributed by atoms with van der Waals surface area (Å²) in [5, 5.41) is 0. The predicted octanol–water partition coefficient (Wildman–Crippen LogP) is 3.29. The number of ether oxygens (including phenoxy) is 2. The van der Waals surface area contributed by atoms with Gasteiger partial charge < -0.3 is 14.4 Å². The molecule has 5 nitrogen and oxygen atoms in total. The van der Waals surface area contributed by atoms with Gasteiger partial charge in [-0.3, -0.25) is 9.59 Å². The van der Waals surface area contributed by atoms with E-state index in [1.54, 1.807) is 0 Å². The van der Waals surface area contributed by atoms with Crippen molar-refractivity contribution in [3.8, 4) is 5.75 Å². The zero-order valence-electron chi connectivity index (χ0n) is 16.5. The second-order valence-electron chi connectivity index (χ2n) is 8.28. The largest absolute Gasteiger partial charge is 0.494 e. The molecule has 27 heavy (non-hydrogen) atoms. The fourth-order valence-electron chi connectivity index (χ4n) is 5.76. The van der Waals surface area contributed by atoms with Gasteiger partial charge in [-0.2, -0.15) is 0 Å². The Hall–Kier alpha value is -2.04. The number of unbranched alkanes of at least 4 members (excludes halogenated alkanes) is 1. The Bertz CT molecular complexity index is 761. The summed E-state index contributed by atoms with van der Waals surface area (Å²) in [5.41, 5.74) is 2.12. The molecule has 146 valence electrons. The van der Waals surface area contributed by atoms with Crippen LogP contribution in [0, 0.1) is 17.8 Å². The highest BCUT2D eigenvalue weighted by Crippen LogP contribution is 2.61. The molecule has 0 bridgehead atoms. The Kier molecular flexibility index (Phi) is 4.65. The molecule has 2 aliphatic heterocycles. The van der Waals surface area contributed by atoms with E-state index < -0.39 is 0 Å². The lowest BCUT2D eigenvalue weighted by Crippen LogP contribution is -2.49. The third-order valence-corrected chi connectivity index (χ3v) is 6.86. The summed E-state index contributed by atoms with van der Waals surface area (Å²) in [6, 6.07) is 6.32. The van der Waals surface area contributed by atoms with Crippen LogP contribution in [0.4, 0.5) is 0 Å². The van der Waals surface area contributed by atoms with Crippen LogP contribution in [-0.4, -0.2) is 37.0 Å². The number of carbonyl (C=O) groups is 2. The summed E-state index contributed by atoms with van der Waals surface area (Å²) in [5.74, 6) is 0.891. The molecule has 0 aromatic heterocycles. The predicted molar refractivity (Wildman–Crippen MR) is 101 cm³/mol. The first-order valence-corrected chi connectivity index (χ1v) is 10.2. The maximum atomic E-state index is 12.8. The molecule has 2 heterocycles. The smallest absolute Gasteiger partial charge is 0.309 e. The van der Waals surface area contributed by atoms with Crippen LogP contribution in [0.1, 0.15) is 50.7 Å². The maximum Gasteiger partial charge on any atom is 0.309 e. The number of hydrogen-bond acceptors (Lipinski definition) is 4. The van der Waals surface area contributed by atoms with Crippen LogP contribution in [0.5, 0.6) is 5.75 Å². The van der Waals surface area contributed by atoms with Crippen LogP contribution in [-0.2, 0) is 26.3 Å². The molecule has 1 aliphatic carbocycles. The summed E-state index contributed by atoms with van der Waals surface area (Å²) in [6.45, 7) is 5.73. The van der Waals surface area contributed by atoms with Gasteiger partial charge in [-0.05, 0) is 48.4 Å². The molecule has 1 saturated heterocycles. The molecule has 3 aliphatic rings. The Balaban J connectivity index is 1.73. The van der Waals surface area contributed by atoms with Crippen molar-refractivity contribution < 1.29 is 19.1 Å². The number of amides is 1. The molecule has 0 radical (unpaired) electrons. The Morgan fingerprint density at radius 3 is 2.93 bits per heavy atom. The topological polar surface area (TPSA) is 55.8 Å². The number of nitrogens with zero attached hydrogens (tertiary/aromatic N) is 1. The highest BCUT2D eigenvalue weighted by Gasteiger charge is 2.65. The first-order chi connectivity index (χ1) is 13.0. The van der Waals surface area contributed by atoms with Crippen LogP contribution >= 0.6 is 0 Å². The summed E-state index contributed by atoms with van der Waals surface area (Å²) in [4.78, 5) is 27.3. The van der Waals surface area contributed by atoms with E-state index in [9.17, 15) is 9.59 Å². The van der Waals surface area contributed by atoms with Gasteiger partial charge >= 0.3 is 5.97 Å². The van der Waals surface area contributed by atoms with Crippen molar-refractivity contribution in [2.75, 3.05) is 20.3 Å². The van der Waals surface area contributed by atoms with Crippen LogP contribution in [0.3, 0.4) is 0 Å². The van der Waals surface area contributed by atoms with Crippen molar-refractivity contribution in [1.29, 1.82) is 0 Å². The average molecular weight is 371 g/mol. The van der Waals surface area contributed by atoms with Gasteiger partial charge in [0.15, 0.2) is 0 Å². The number of hydrogen-bond donors (Lipinski definition) is 0. The lowest BCUT2D eigenvalue weighted by Gasteiger charge is -2.44. The Morgan fingerprint density at radius 2 is 2.19 bits per heavy atom. The normalized spacial score (nSPS) is 31.3. The third kappa shape index (κ3) is 2.66. The van der Waals surface area contributed by atoms with Crippen molar-refractivity contribution in [3.63, 3.8) is 0 Å². The van der Waals surface area contributed by atoms with Gasteiger partial charge in [0.1, 0.15) is 5.75 Å². The fourth-order valence-corrected chi connectivity index (χ4v) is 5.76. The van der Waals surface area contributed by atoms with E-state index in [-0.39, 0.29) is 35.2 Å². The Morgan fingerprint density at radius 1 is 1.37 bits per heavy atom. The monoisotopic (exact) mass is 371 g/mol. The highest BCUT2D eigenvalue weighted by atomic mass is 16.5. The van der Waals surface area contributed by atoms with Crippen molar-refractivity contribution in [2.24, 2.45) is 17.8 Å². The van der Waals surface area contributed by atoms with Gasteiger partial charge in [-0.1, -0.05) is 26.3 Å². The fraction of sp³-hybridized carbons (Fsp3) is 0.636. The molecule has 5 heteroatoms. The second kappa shape index (κ2) is 6.84. The molecule has 2 fully saturated rings. The zero-order chi connectivity index (χ0) is 19.2. The number of benzene rings is 1. The van der Waals surface area contributed by atoms with Gasteiger partial charge in [-0.15, -0.1) is 0 Å². The molecule has 1 amide bonds. The molecular weight excluding hydrogens is 342 g/mol. The van der Waals surface area contributed by atoms with Gasteiger partial charge in [0, 0.05) is 18.9 Å². The second-order valence-corrected chi connectivity index (χ2v) is 8.28. The Labute approximate surface area is 161 Å². The number of rotatable bonds is 5. The van der Waals surface area contributed by atoms with E-state index in [0.29, 0.717) is 6.42 Å². The molecule has 0 N–H and O–H groups in total. The van der Waals surface area contributed by atoms with Crippen LogP contribution < -0.4 is 4.74 Å². The van der Waals surface area contributed by atoms with E-state index in [1.165, 1.54) is 18.2 Å². The van der Waals surface area contributed by atoms with E-state index in [2.05, 4.69) is 30.9 Å². The van der Waals surface area contributed by atoms with E-state index >= 15 is 0 Å². The number of esters is 1. The van der Waals surface area contributed by atoms with E-state index in [0.717, 1.165) is 44.6 Å². The van der Waals surface area contributed by atoms with Crippen molar-refractivity contribution in [3.05, 3.63) is 29.3 Å². The van der Waals surface area contributed by atoms with Gasteiger partial charge in [0.2, 0.25) is 5.91 Å². The first-order valence-electron chi connectivity index (χ1n) is 10.2. The number of fused-ring (bicyclic) bond motifs is 1. The van der Waals surface area contributed by atoms with Crippen LogP contribution in [0.25, 0.3) is 0 Å². The molecule has 1 saturated carbocycles. The van der Waals surface area contributed by atoms with Crippen LogP contribution in [0.2, 0.25) is 0 Å². The van der Waals surface area contributed by atoms with Crippen molar-refractivity contribution >= 4 is 11.9 Å². The average Bonchev–Trinajstić information content (AvgIpc) is 3.09. The quantitative estimate of drug-likeness (QED) is 0.589. The van der Waals surface area contributed by atoms with Crippen molar-refractivity contribution in [2.45, 2.75) is 51.5 Å². The molecule has 4 atom stereocenters. The molecule has 4 rings (SSSR count). The van der Waals surface area contributed by atoms with E-state index in [4.69, 9.17) is 9.47 Å². The third-order valence-electron chi connectivity index (χ3n) is 6.86. The maximum absolute atomic E-state index is 12.8. The van der Waals surface area contributed by atoms with Gasteiger partial charge in [0.05, 0.1) is 25.2 Å². The minimum absolute atomic E-state index is 0.00152. The molecule has 0 unspecified atom stereocenters. The summed E-state index contributed by atoms with van der Waals surface area (Å²) < 4.78 is 11.0. The molecular formula is C22H29NO4. The minimum atomic E-state index is -0.356. The zero-order valence-corrected chi connectivity index (χ0v) is 16.5. The van der Waals surface area contributed by atoms with Crippen LogP contribution in [0.15, 0.2) is 18.2 Å². The highest BCUT2D eigenvalue weighted by molar-refractivity contribution is 5.85. The molecule has 1 spiro atoms. The minimum Gasteiger partial charge on any atom is -0.494 e. The van der Waals surface area contributed by atoms with E-state index in [1.807, 2.05) is 6.07 Å². The number of carbonyl (C=O) groups excluding carboxylic acids is 2. The standard InChI is InChI=1S/C22H29NO4/c1-4-5-10-27-16-6-7-17-15(11-16)8-9-23-19(24)12-18-20(21(25)26-3)14(2)13-22(17,18)23/h6-7,11,14,18,20H,4-5,8-10,12-13H2,1-3H3/t14-,18-,20+,22-/m0/s1. The van der Waals surface area contributed by atoms with Crippen molar-refractivity contribution in [1.82, 2.24) is 4.90 Å². The lowest BCUT2D eigenvalue weighted by atomic mass is 9.74.